The maximum atomic E-state index is 9.25. The van der Waals surface area contributed by atoms with Crippen molar-refractivity contribution in [2.24, 2.45) is 0 Å². The van der Waals surface area contributed by atoms with Crippen molar-refractivity contribution < 1.29 is 5.11 Å². The standard InChI is InChI=1S/C41H78N2O/c1-4-6-8-10-12-14-16-18-20-22-24-26-28-30-32-34-36-43(39-38-42(3)40-41-44)37-35-33-31-29-27-25-23-21-19-17-15-13-11-9-7-5-2/h12-15,18-21,44H,4-11,16-17,22-41H2,1-3H3/b14-12-,15-13-,20-18-,21-19-. The smallest absolute Gasteiger partial charge is 0.0558 e. The van der Waals surface area contributed by atoms with Gasteiger partial charge < -0.3 is 14.9 Å². The molecule has 0 amide bonds. The Balaban J connectivity index is 3.86. The van der Waals surface area contributed by atoms with Crippen molar-refractivity contribution in [2.75, 3.05) is 46.4 Å². The summed E-state index contributed by atoms with van der Waals surface area (Å²) >= 11 is 0. The lowest BCUT2D eigenvalue weighted by molar-refractivity contribution is 0.187. The summed E-state index contributed by atoms with van der Waals surface area (Å²) in [6.45, 7) is 10.2. The van der Waals surface area contributed by atoms with Crippen molar-refractivity contribution >= 4 is 0 Å². The average molecular weight is 615 g/mol. The van der Waals surface area contributed by atoms with Crippen LogP contribution in [0.5, 0.6) is 0 Å². The number of aliphatic hydroxyl groups excluding tert-OH is 1. The van der Waals surface area contributed by atoms with Crippen LogP contribution in [0.3, 0.4) is 0 Å². The van der Waals surface area contributed by atoms with E-state index >= 15 is 0 Å². The van der Waals surface area contributed by atoms with Gasteiger partial charge >= 0.3 is 0 Å². The third-order valence-corrected chi connectivity index (χ3v) is 8.63. The molecule has 0 aliphatic rings. The third kappa shape index (κ3) is 35.3. The summed E-state index contributed by atoms with van der Waals surface area (Å²) in [5, 5.41) is 9.25. The molecule has 3 nitrogen and oxygen atoms in total. The number of hydrogen-bond acceptors (Lipinski definition) is 3. The Labute approximate surface area is 277 Å². The average Bonchev–Trinajstić information content (AvgIpc) is 3.02. The molecule has 0 heterocycles. The van der Waals surface area contributed by atoms with Crippen LogP contribution in [0.2, 0.25) is 0 Å². The van der Waals surface area contributed by atoms with Gasteiger partial charge in [0.05, 0.1) is 6.61 Å². The van der Waals surface area contributed by atoms with Crippen molar-refractivity contribution in [3.05, 3.63) is 48.6 Å². The van der Waals surface area contributed by atoms with Crippen LogP contribution in [-0.2, 0) is 0 Å². The topological polar surface area (TPSA) is 26.7 Å². The van der Waals surface area contributed by atoms with E-state index in [1.165, 1.54) is 154 Å². The van der Waals surface area contributed by atoms with Crippen LogP contribution in [0, 0.1) is 0 Å². The van der Waals surface area contributed by atoms with E-state index in [9.17, 15) is 5.11 Å². The minimum atomic E-state index is 0.258. The van der Waals surface area contributed by atoms with Crippen LogP contribution in [0.25, 0.3) is 0 Å². The molecule has 0 aliphatic carbocycles. The maximum absolute atomic E-state index is 9.25. The van der Waals surface area contributed by atoms with Crippen LogP contribution >= 0.6 is 0 Å². The Kier molecular flexibility index (Phi) is 37.0. The molecule has 0 atom stereocenters. The summed E-state index contributed by atoms with van der Waals surface area (Å²) in [5.41, 5.74) is 0. The zero-order valence-electron chi connectivity index (χ0n) is 30.2. The van der Waals surface area contributed by atoms with Crippen molar-refractivity contribution in [2.45, 2.75) is 168 Å². The Bertz CT molecular complexity index is 605. The van der Waals surface area contributed by atoms with Gasteiger partial charge in [0.2, 0.25) is 0 Å². The highest BCUT2D eigenvalue weighted by Crippen LogP contribution is 2.11. The van der Waals surface area contributed by atoms with Gasteiger partial charge in [-0.25, -0.2) is 0 Å². The molecular formula is C41H78N2O. The molecule has 0 aromatic heterocycles. The van der Waals surface area contributed by atoms with E-state index in [1.54, 1.807) is 0 Å². The molecule has 0 rings (SSSR count). The van der Waals surface area contributed by atoms with Crippen molar-refractivity contribution in [1.82, 2.24) is 9.80 Å². The van der Waals surface area contributed by atoms with Gasteiger partial charge in [-0.15, -0.1) is 0 Å². The van der Waals surface area contributed by atoms with Crippen LogP contribution in [0.15, 0.2) is 48.6 Å². The highest BCUT2D eigenvalue weighted by molar-refractivity contribution is 4.93. The van der Waals surface area contributed by atoms with Gasteiger partial charge in [0, 0.05) is 19.6 Å². The van der Waals surface area contributed by atoms with Crippen LogP contribution in [0.1, 0.15) is 168 Å². The molecular weight excluding hydrogens is 536 g/mol. The maximum Gasteiger partial charge on any atom is 0.0558 e. The number of allylic oxidation sites excluding steroid dienone is 8. The van der Waals surface area contributed by atoms with Crippen molar-refractivity contribution in [1.29, 1.82) is 0 Å². The van der Waals surface area contributed by atoms with Gasteiger partial charge in [-0.05, 0) is 97.2 Å². The summed E-state index contributed by atoms with van der Waals surface area (Å²) < 4.78 is 0. The summed E-state index contributed by atoms with van der Waals surface area (Å²) in [4.78, 5) is 4.96. The normalized spacial score (nSPS) is 12.6. The van der Waals surface area contributed by atoms with E-state index in [4.69, 9.17) is 0 Å². The van der Waals surface area contributed by atoms with Crippen molar-refractivity contribution in [3.8, 4) is 0 Å². The van der Waals surface area contributed by atoms with Crippen molar-refractivity contribution in [3.63, 3.8) is 0 Å². The first-order valence-electron chi connectivity index (χ1n) is 19.4. The monoisotopic (exact) mass is 615 g/mol. The van der Waals surface area contributed by atoms with E-state index in [0.29, 0.717) is 0 Å². The Morgan fingerprint density at radius 3 is 1.14 bits per heavy atom. The first kappa shape index (κ1) is 42.8. The molecule has 0 aromatic carbocycles. The van der Waals surface area contributed by atoms with Gasteiger partial charge in [0.25, 0.3) is 0 Å². The van der Waals surface area contributed by atoms with E-state index in [2.05, 4.69) is 79.3 Å². The van der Waals surface area contributed by atoms with E-state index < -0.39 is 0 Å². The second-order valence-electron chi connectivity index (χ2n) is 13.0. The van der Waals surface area contributed by atoms with E-state index in [0.717, 1.165) is 32.5 Å². The summed E-state index contributed by atoms with van der Waals surface area (Å²) in [6.07, 6.45) is 50.4. The Morgan fingerprint density at radius 2 is 0.750 bits per heavy atom. The Morgan fingerprint density at radius 1 is 0.386 bits per heavy atom. The van der Waals surface area contributed by atoms with Crippen LogP contribution in [-0.4, -0.2) is 61.3 Å². The molecule has 44 heavy (non-hydrogen) atoms. The molecule has 0 aliphatic heterocycles. The predicted molar refractivity (Wildman–Crippen MR) is 200 cm³/mol. The first-order valence-corrected chi connectivity index (χ1v) is 19.4. The fraction of sp³-hybridized carbons (Fsp3) is 0.805. The molecule has 0 saturated heterocycles. The predicted octanol–water partition coefficient (Wildman–Crippen LogP) is 11.8. The SMILES string of the molecule is CCCCC/C=C\C/C=C\CCCCCCCCN(CCCCCCCC/C=C\C/C=C\CCCCC)CCN(C)CCO. The molecule has 0 aromatic rings. The number of unbranched alkanes of at least 4 members (excludes halogenated alkanes) is 18. The van der Waals surface area contributed by atoms with E-state index in [1.807, 2.05) is 0 Å². The number of rotatable bonds is 35. The number of nitrogens with zero attached hydrogens (tertiary/aromatic N) is 2. The Hall–Kier alpha value is -1.16. The summed E-state index contributed by atoms with van der Waals surface area (Å²) in [7, 11) is 2.13. The minimum Gasteiger partial charge on any atom is -0.395 e. The summed E-state index contributed by atoms with van der Waals surface area (Å²) in [5.74, 6) is 0. The lowest BCUT2D eigenvalue weighted by Gasteiger charge is -2.25. The largest absolute Gasteiger partial charge is 0.395 e. The van der Waals surface area contributed by atoms with Gasteiger partial charge in [-0.1, -0.05) is 140 Å². The molecule has 3 heteroatoms. The molecule has 0 saturated carbocycles. The molecule has 258 valence electrons. The highest BCUT2D eigenvalue weighted by Gasteiger charge is 2.07. The van der Waals surface area contributed by atoms with Gasteiger partial charge in [-0.2, -0.15) is 0 Å². The number of aliphatic hydroxyl groups is 1. The lowest BCUT2D eigenvalue weighted by atomic mass is 10.1. The summed E-state index contributed by atoms with van der Waals surface area (Å²) in [6, 6.07) is 0. The van der Waals surface area contributed by atoms with Crippen LogP contribution < -0.4 is 0 Å². The fourth-order valence-corrected chi connectivity index (χ4v) is 5.58. The first-order chi connectivity index (χ1) is 21.7. The van der Waals surface area contributed by atoms with E-state index in [-0.39, 0.29) is 6.61 Å². The number of hydrogen-bond donors (Lipinski definition) is 1. The molecule has 0 bridgehead atoms. The third-order valence-electron chi connectivity index (χ3n) is 8.63. The second kappa shape index (κ2) is 38.0. The minimum absolute atomic E-state index is 0.258. The van der Waals surface area contributed by atoms with Crippen LogP contribution in [0.4, 0.5) is 0 Å². The molecule has 0 fully saturated rings. The lowest BCUT2D eigenvalue weighted by Crippen LogP contribution is -2.35. The van der Waals surface area contributed by atoms with Gasteiger partial charge in [0.1, 0.15) is 0 Å². The zero-order valence-corrected chi connectivity index (χ0v) is 30.2. The quantitative estimate of drug-likeness (QED) is 0.0568. The molecule has 0 unspecified atom stereocenters. The number of likely N-dealkylation sites (N-methyl/N-ethyl adjacent to an activating group) is 1. The zero-order chi connectivity index (χ0) is 32.0. The van der Waals surface area contributed by atoms with Gasteiger partial charge in [0.15, 0.2) is 0 Å². The highest BCUT2D eigenvalue weighted by atomic mass is 16.3. The molecule has 1 N–H and O–H groups in total. The fourth-order valence-electron chi connectivity index (χ4n) is 5.58. The van der Waals surface area contributed by atoms with Gasteiger partial charge in [-0.3, -0.25) is 0 Å². The molecule has 0 radical (unpaired) electrons. The second-order valence-corrected chi connectivity index (χ2v) is 13.0. The molecule has 0 spiro atoms.